The van der Waals surface area contributed by atoms with Gasteiger partial charge in [-0.2, -0.15) is 5.10 Å². The number of H-pyrrole nitrogens is 1. The Morgan fingerprint density at radius 3 is 3.32 bits per heavy atom. The summed E-state index contributed by atoms with van der Waals surface area (Å²) in [5, 5.41) is 19.2. The molecule has 1 aromatic heterocycles. The van der Waals surface area contributed by atoms with Gasteiger partial charge in [0.25, 0.3) is 0 Å². The number of ether oxygens (including phenoxy) is 1. The van der Waals surface area contributed by atoms with E-state index in [1.165, 1.54) is 0 Å². The fraction of sp³-hybridized carbons (Fsp3) is 0.500. The molecule has 1 aliphatic heterocycles. The van der Waals surface area contributed by atoms with Gasteiger partial charge in [0.15, 0.2) is 5.82 Å². The Hall–Kier alpha value is -1.59. The second-order valence-electron chi connectivity index (χ2n) is 4.86. The second-order valence-corrected chi connectivity index (χ2v) is 4.86. The number of rotatable bonds is 2. The van der Waals surface area contributed by atoms with Gasteiger partial charge in [-0.15, -0.1) is 0 Å². The highest BCUT2D eigenvalue weighted by Gasteiger charge is 2.25. The van der Waals surface area contributed by atoms with Crippen LogP contribution in [-0.2, 0) is 4.74 Å². The smallest absolute Gasteiger partial charge is 0.158 e. The zero-order valence-electron chi connectivity index (χ0n) is 10.9. The summed E-state index contributed by atoms with van der Waals surface area (Å²) >= 11 is 0. The molecule has 2 aliphatic rings. The first-order chi connectivity index (χ1) is 9.40. The summed E-state index contributed by atoms with van der Waals surface area (Å²) in [5.41, 5.74) is 0. The molecule has 0 aromatic carbocycles. The lowest BCUT2D eigenvalue weighted by atomic mass is 10.2. The van der Waals surface area contributed by atoms with Gasteiger partial charge in [0.2, 0.25) is 0 Å². The van der Waals surface area contributed by atoms with Crippen LogP contribution in [0.4, 0.5) is 5.82 Å². The minimum Gasteiger partial charge on any atom is -0.394 e. The molecule has 1 saturated heterocycles. The highest BCUT2D eigenvalue weighted by Crippen LogP contribution is 2.12. The van der Waals surface area contributed by atoms with E-state index >= 15 is 0 Å². The number of aromatic amines is 1. The topological polar surface area (TPSA) is 61.4 Å². The van der Waals surface area contributed by atoms with Crippen LogP contribution in [0.1, 0.15) is 12.8 Å². The average molecular weight is 261 g/mol. The first kappa shape index (κ1) is 12.4. The van der Waals surface area contributed by atoms with Gasteiger partial charge in [-0.1, -0.05) is 18.2 Å². The lowest BCUT2D eigenvalue weighted by Crippen LogP contribution is -2.50. The Morgan fingerprint density at radius 1 is 1.47 bits per heavy atom. The molecule has 2 heterocycles. The number of hydrogen-bond donors (Lipinski definition) is 2. The SMILES string of the molecule is OC[C@@H]1COCCN1c1n[nH]c2/c1=C\C=C/CC\C=2. The van der Waals surface area contributed by atoms with Crippen LogP contribution in [0.25, 0.3) is 12.2 Å². The van der Waals surface area contributed by atoms with Crippen LogP contribution < -0.4 is 15.5 Å². The third kappa shape index (κ3) is 2.43. The van der Waals surface area contributed by atoms with E-state index in [0.717, 1.165) is 35.8 Å². The summed E-state index contributed by atoms with van der Waals surface area (Å²) in [4.78, 5) is 2.14. The van der Waals surface area contributed by atoms with E-state index in [0.29, 0.717) is 13.2 Å². The summed E-state index contributed by atoms with van der Waals surface area (Å²) < 4.78 is 5.42. The number of nitrogens with one attached hydrogen (secondary N) is 1. The normalized spacial score (nSPS) is 28.3. The van der Waals surface area contributed by atoms with Crippen LogP contribution in [-0.4, -0.2) is 47.7 Å². The van der Waals surface area contributed by atoms with Crippen molar-refractivity contribution in [1.82, 2.24) is 10.2 Å². The molecule has 0 spiro atoms. The number of aliphatic hydroxyl groups is 1. The zero-order valence-corrected chi connectivity index (χ0v) is 10.9. The first-order valence-electron chi connectivity index (χ1n) is 6.77. The Kier molecular flexibility index (Phi) is 3.66. The molecule has 1 atom stereocenters. The molecule has 1 aliphatic carbocycles. The monoisotopic (exact) mass is 261 g/mol. The van der Waals surface area contributed by atoms with Crippen LogP contribution in [0.2, 0.25) is 0 Å². The number of fused-ring (bicyclic) bond motifs is 1. The zero-order chi connectivity index (χ0) is 13.1. The number of allylic oxidation sites excluding steroid dienone is 2. The predicted octanol–water partition coefficient (Wildman–Crippen LogP) is -0.482. The maximum atomic E-state index is 9.47. The van der Waals surface area contributed by atoms with Crippen molar-refractivity contribution in [2.24, 2.45) is 0 Å². The minimum absolute atomic E-state index is 0.0102. The van der Waals surface area contributed by atoms with Gasteiger partial charge in [-0.3, -0.25) is 5.10 Å². The minimum atomic E-state index is -0.0102. The van der Waals surface area contributed by atoms with Crippen molar-refractivity contribution in [3.63, 3.8) is 0 Å². The molecule has 2 N–H and O–H groups in total. The molecule has 0 saturated carbocycles. The molecule has 102 valence electrons. The number of hydrogen-bond acceptors (Lipinski definition) is 4. The van der Waals surface area contributed by atoms with Crippen molar-refractivity contribution in [3.8, 4) is 0 Å². The fourth-order valence-corrected chi connectivity index (χ4v) is 2.56. The van der Waals surface area contributed by atoms with E-state index in [9.17, 15) is 5.11 Å². The number of aliphatic hydroxyl groups excluding tert-OH is 1. The molecule has 5 nitrogen and oxygen atoms in total. The van der Waals surface area contributed by atoms with Gasteiger partial charge < -0.3 is 14.7 Å². The number of aromatic nitrogens is 2. The summed E-state index contributed by atoms with van der Waals surface area (Å²) in [7, 11) is 0. The molecule has 0 unspecified atom stereocenters. The summed E-state index contributed by atoms with van der Waals surface area (Å²) in [5.74, 6) is 0.917. The molecule has 19 heavy (non-hydrogen) atoms. The standard InChI is InChI=1S/C14H19N3O2/c18-9-11-10-19-8-7-17(11)14-12-5-3-1-2-4-6-13(12)15-16-14/h1,3,5-6,11,15,18H,2,4,7-10H2/b3-1-,12-5+,13-6+/t11-/m1/s1. The highest BCUT2D eigenvalue weighted by molar-refractivity contribution is 5.52. The van der Waals surface area contributed by atoms with Crippen LogP contribution in [0.15, 0.2) is 12.2 Å². The quantitative estimate of drug-likeness (QED) is 0.755. The van der Waals surface area contributed by atoms with E-state index in [1.807, 2.05) is 0 Å². The molecule has 1 fully saturated rings. The van der Waals surface area contributed by atoms with Crippen molar-refractivity contribution >= 4 is 18.0 Å². The maximum Gasteiger partial charge on any atom is 0.158 e. The Morgan fingerprint density at radius 2 is 2.42 bits per heavy atom. The maximum absolute atomic E-state index is 9.47. The Balaban J connectivity index is 2.04. The first-order valence-corrected chi connectivity index (χ1v) is 6.77. The van der Waals surface area contributed by atoms with Crippen molar-refractivity contribution in [2.45, 2.75) is 18.9 Å². The second kappa shape index (κ2) is 5.59. The lowest BCUT2D eigenvalue weighted by Gasteiger charge is -2.34. The molecular formula is C14H19N3O2. The predicted molar refractivity (Wildman–Crippen MR) is 74.2 cm³/mol. The molecule has 0 radical (unpaired) electrons. The van der Waals surface area contributed by atoms with Crippen LogP contribution in [0.3, 0.4) is 0 Å². The van der Waals surface area contributed by atoms with Gasteiger partial charge in [0.1, 0.15) is 0 Å². The number of anilines is 1. The Bertz CT molecular complexity index is 576. The van der Waals surface area contributed by atoms with Gasteiger partial charge in [0.05, 0.1) is 31.2 Å². The third-order valence-electron chi connectivity index (χ3n) is 3.60. The fourth-order valence-electron chi connectivity index (χ4n) is 2.56. The van der Waals surface area contributed by atoms with E-state index in [-0.39, 0.29) is 12.6 Å². The average Bonchev–Trinajstić information content (AvgIpc) is 2.80. The van der Waals surface area contributed by atoms with Gasteiger partial charge in [-0.25, -0.2) is 0 Å². The molecule has 0 amide bonds. The highest BCUT2D eigenvalue weighted by atomic mass is 16.5. The van der Waals surface area contributed by atoms with E-state index in [1.54, 1.807) is 0 Å². The molecular weight excluding hydrogens is 242 g/mol. The van der Waals surface area contributed by atoms with Crippen molar-refractivity contribution in [3.05, 3.63) is 22.7 Å². The van der Waals surface area contributed by atoms with Crippen LogP contribution >= 0.6 is 0 Å². The Labute approximate surface area is 111 Å². The lowest BCUT2D eigenvalue weighted by molar-refractivity contribution is 0.0722. The van der Waals surface area contributed by atoms with Crippen molar-refractivity contribution in [1.29, 1.82) is 0 Å². The summed E-state index contributed by atoms with van der Waals surface area (Å²) in [6.45, 7) is 2.08. The summed E-state index contributed by atoms with van der Waals surface area (Å²) in [6.07, 6.45) is 10.6. The number of nitrogens with zero attached hydrogens (tertiary/aromatic N) is 2. The van der Waals surface area contributed by atoms with Crippen LogP contribution in [0, 0.1) is 0 Å². The molecule has 0 bridgehead atoms. The van der Waals surface area contributed by atoms with Crippen molar-refractivity contribution in [2.75, 3.05) is 31.3 Å². The third-order valence-corrected chi connectivity index (χ3v) is 3.60. The van der Waals surface area contributed by atoms with E-state index < -0.39 is 0 Å². The molecule has 3 rings (SSSR count). The molecule has 5 heteroatoms. The van der Waals surface area contributed by atoms with E-state index in [2.05, 4.69) is 39.4 Å². The largest absolute Gasteiger partial charge is 0.394 e. The van der Waals surface area contributed by atoms with E-state index in [4.69, 9.17) is 4.74 Å². The summed E-state index contributed by atoms with van der Waals surface area (Å²) in [6, 6.07) is -0.0102. The van der Waals surface area contributed by atoms with Gasteiger partial charge in [0, 0.05) is 11.8 Å². The number of morpholine rings is 1. The van der Waals surface area contributed by atoms with Crippen molar-refractivity contribution < 1.29 is 9.84 Å². The molecule has 1 aromatic rings. The van der Waals surface area contributed by atoms with Gasteiger partial charge in [-0.05, 0) is 18.9 Å². The van der Waals surface area contributed by atoms with Gasteiger partial charge >= 0.3 is 0 Å². The van der Waals surface area contributed by atoms with Crippen LogP contribution in [0.5, 0.6) is 0 Å².